The second-order valence-electron chi connectivity index (χ2n) is 6.78. The van der Waals surface area contributed by atoms with Crippen molar-refractivity contribution < 1.29 is 9.53 Å². The number of nitrogens with zero attached hydrogens (tertiary/aromatic N) is 4. The SMILES string of the molecule is CCOc1cccc(C(=O)N2Cc3ccnn3CC(CN(C)C)C2)c1. The lowest BCUT2D eigenvalue weighted by Gasteiger charge is -2.26. The van der Waals surface area contributed by atoms with E-state index in [9.17, 15) is 4.79 Å². The number of carbonyl (C=O) groups is 1. The number of ether oxygens (including phenoxy) is 1. The van der Waals surface area contributed by atoms with E-state index in [0.29, 0.717) is 24.6 Å². The minimum Gasteiger partial charge on any atom is -0.494 e. The maximum Gasteiger partial charge on any atom is 0.254 e. The van der Waals surface area contributed by atoms with Crippen LogP contribution in [0.1, 0.15) is 23.0 Å². The zero-order valence-electron chi connectivity index (χ0n) is 15.2. The van der Waals surface area contributed by atoms with E-state index in [1.807, 2.05) is 53.0 Å². The molecule has 1 aromatic heterocycles. The first-order valence-corrected chi connectivity index (χ1v) is 8.74. The molecule has 2 aromatic rings. The Balaban J connectivity index is 1.84. The van der Waals surface area contributed by atoms with Crippen molar-refractivity contribution in [2.75, 3.05) is 33.8 Å². The molecule has 134 valence electrons. The molecule has 0 saturated heterocycles. The van der Waals surface area contributed by atoms with E-state index in [1.165, 1.54) is 0 Å². The molecule has 1 aliphatic heterocycles. The molecule has 1 amide bonds. The van der Waals surface area contributed by atoms with Crippen LogP contribution in [-0.4, -0.2) is 59.3 Å². The summed E-state index contributed by atoms with van der Waals surface area (Å²) < 4.78 is 7.56. The van der Waals surface area contributed by atoms with Gasteiger partial charge in [0, 0.05) is 37.3 Å². The number of carbonyl (C=O) groups excluding carboxylic acids is 1. The van der Waals surface area contributed by atoms with Crippen LogP contribution < -0.4 is 4.74 Å². The third-order valence-corrected chi connectivity index (χ3v) is 4.37. The van der Waals surface area contributed by atoms with Gasteiger partial charge in [-0.3, -0.25) is 9.48 Å². The monoisotopic (exact) mass is 342 g/mol. The van der Waals surface area contributed by atoms with Crippen molar-refractivity contribution in [2.24, 2.45) is 5.92 Å². The fourth-order valence-electron chi connectivity index (χ4n) is 3.39. The maximum atomic E-state index is 13.1. The van der Waals surface area contributed by atoms with E-state index < -0.39 is 0 Å². The maximum absolute atomic E-state index is 13.1. The third kappa shape index (κ3) is 4.20. The van der Waals surface area contributed by atoms with Crippen LogP contribution in [0, 0.1) is 5.92 Å². The summed E-state index contributed by atoms with van der Waals surface area (Å²) in [6.07, 6.45) is 1.81. The van der Waals surface area contributed by atoms with Gasteiger partial charge in [0.05, 0.1) is 18.8 Å². The van der Waals surface area contributed by atoms with E-state index >= 15 is 0 Å². The van der Waals surface area contributed by atoms with E-state index in [4.69, 9.17) is 4.74 Å². The third-order valence-electron chi connectivity index (χ3n) is 4.37. The fraction of sp³-hybridized carbons (Fsp3) is 0.474. The van der Waals surface area contributed by atoms with Gasteiger partial charge in [0.25, 0.3) is 5.91 Å². The van der Waals surface area contributed by atoms with E-state index in [-0.39, 0.29) is 5.91 Å². The summed E-state index contributed by atoms with van der Waals surface area (Å²) >= 11 is 0. The Morgan fingerprint density at radius 1 is 1.32 bits per heavy atom. The first-order valence-electron chi connectivity index (χ1n) is 8.74. The van der Waals surface area contributed by atoms with Crippen LogP contribution >= 0.6 is 0 Å². The number of rotatable bonds is 5. The largest absolute Gasteiger partial charge is 0.494 e. The summed E-state index contributed by atoms with van der Waals surface area (Å²) in [5, 5.41) is 4.42. The Morgan fingerprint density at radius 2 is 2.16 bits per heavy atom. The molecule has 1 aliphatic rings. The Labute approximate surface area is 149 Å². The Bertz CT molecular complexity index is 726. The summed E-state index contributed by atoms with van der Waals surface area (Å²) in [6.45, 7) is 5.59. The number of hydrogen-bond acceptors (Lipinski definition) is 4. The first kappa shape index (κ1) is 17.5. The molecule has 0 radical (unpaired) electrons. The molecular weight excluding hydrogens is 316 g/mol. The topological polar surface area (TPSA) is 50.6 Å². The highest BCUT2D eigenvalue weighted by atomic mass is 16.5. The van der Waals surface area contributed by atoms with Crippen molar-refractivity contribution in [3.05, 3.63) is 47.8 Å². The smallest absolute Gasteiger partial charge is 0.254 e. The highest BCUT2D eigenvalue weighted by Gasteiger charge is 2.26. The number of aromatic nitrogens is 2. The molecule has 3 rings (SSSR count). The average molecular weight is 342 g/mol. The molecule has 6 heteroatoms. The van der Waals surface area contributed by atoms with Gasteiger partial charge in [-0.25, -0.2) is 0 Å². The number of amides is 1. The number of fused-ring (bicyclic) bond motifs is 1. The van der Waals surface area contributed by atoms with Gasteiger partial charge in [0.1, 0.15) is 5.75 Å². The predicted octanol–water partition coefficient (Wildman–Crippen LogP) is 2.12. The molecule has 0 saturated carbocycles. The highest BCUT2D eigenvalue weighted by Crippen LogP contribution is 2.21. The van der Waals surface area contributed by atoms with Gasteiger partial charge in [-0.05, 0) is 45.3 Å². The summed E-state index contributed by atoms with van der Waals surface area (Å²) in [5.41, 5.74) is 1.75. The molecule has 6 nitrogen and oxygen atoms in total. The minimum absolute atomic E-state index is 0.0416. The van der Waals surface area contributed by atoms with Crippen molar-refractivity contribution in [1.82, 2.24) is 19.6 Å². The average Bonchev–Trinajstić information content (AvgIpc) is 2.93. The molecule has 1 atom stereocenters. The lowest BCUT2D eigenvalue weighted by atomic mass is 10.1. The predicted molar refractivity (Wildman–Crippen MR) is 96.6 cm³/mol. The van der Waals surface area contributed by atoms with E-state index in [1.54, 1.807) is 0 Å². The Morgan fingerprint density at radius 3 is 2.92 bits per heavy atom. The van der Waals surface area contributed by atoms with Gasteiger partial charge in [0.15, 0.2) is 0 Å². The minimum atomic E-state index is 0.0416. The Kier molecular flexibility index (Phi) is 5.38. The molecule has 1 aromatic carbocycles. The van der Waals surface area contributed by atoms with Crippen LogP contribution in [0.4, 0.5) is 0 Å². The number of benzene rings is 1. The van der Waals surface area contributed by atoms with Gasteiger partial charge in [0.2, 0.25) is 0 Å². The van der Waals surface area contributed by atoms with Crippen molar-refractivity contribution in [2.45, 2.75) is 20.0 Å². The van der Waals surface area contributed by atoms with Gasteiger partial charge in [-0.2, -0.15) is 5.10 Å². The van der Waals surface area contributed by atoms with Gasteiger partial charge < -0.3 is 14.5 Å². The summed E-state index contributed by atoms with van der Waals surface area (Å²) in [6, 6.07) is 9.43. The molecule has 2 heterocycles. The molecule has 0 aliphatic carbocycles. The standard InChI is InChI=1S/C19H26N4O2/c1-4-25-18-7-5-6-16(10-18)19(24)22-12-15(11-21(2)3)13-23-17(14-22)8-9-20-23/h5-10,15H,4,11-14H2,1-3H3. The van der Waals surface area contributed by atoms with Crippen molar-refractivity contribution in [3.63, 3.8) is 0 Å². The second-order valence-corrected chi connectivity index (χ2v) is 6.78. The molecule has 0 spiro atoms. The van der Waals surface area contributed by atoms with Crippen LogP contribution in [0.25, 0.3) is 0 Å². The van der Waals surface area contributed by atoms with Gasteiger partial charge >= 0.3 is 0 Å². The van der Waals surface area contributed by atoms with Crippen molar-refractivity contribution in [1.29, 1.82) is 0 Å². The molecule has 0 bridgehead atoms. The highest BCUT2D eigenvalue weighted by molar-refractivity contribution is 5.94. The van der Waals surface area contributed by atoms with E-state index in [0.717, 1.165) is 31.1 Å². The Hall–Kier alpha value is -2.34. The lowest BCUT2D eigenvalue weighted by Crippen LogP contribution is -2.37. The lowest BCUT2D eigenvalue weighted by molar-refractivity contribution is 0.0711. The molecule has 25 heavy (non-hydrogen) atoms. The quantitative estimate of drug-likeness (QED) is 0.835. The molecule has 0 N–H and O–H groups in total. The van der Waals surface area contributed by atoms with Gasteiger partial charge in [-0.1, -0.05) is 6.07 Å². The number of hydrogen-bond donors (Lipinski definition) is 0. The summed E-state index contributed by atoms with van der Waals surface area (Å²) in [5.74, 6) is 1.12. The molecule has 0 fully saturated rings. The fourth-order valence-corrected chi connectivity index (χ4v) is 3.39. The molecule has 1 unspecified atom stereocenters. The van der Waals surface area contributed by atoms with Crippen LogP contribution in [0.5, 0.6) is 5.75 Å². The van der Waals surface area contributed by atoms with Crippen LogP contribution in [0.2, 0.25) is 0 Å². The van der Waals surface area contributed by atoms with Crippen LogP contribution in [0.3, 0.4) is 0 Å². The van der Waals surface area contributed by atoms with Crippen LogP contribution in [-0.2, 0) is 13.1 Å². The first-order chi connectivity index (χ1) is 12.1. The second kappa shape index (κ2) is 7.70. The summed E-state index contributed by atoms with van der Waals surface area (Å²) in [7, 11) is 4.12. The normalized spacial score (nSPS) is 17.3. The summed E-state index contributed by atoms with van der Waals surface area (Å²) in [4.78, 5) is 17.2. The van der Waals surface area contributed by atoms with Crippen molar-refractivity contribution >= 4 is 5.91 Å². The van der Waals surface area contributed by atoms with Crippen LogP contribution in [0.15, 0.2) is 36.5 Å². The van der Waals surface area contributed by atoms with Gasteiger partial charge in [-0.15, -0.1) is 0 Å². The zero-order valence-corrected chi connectivity index (χ0v) is 15.2. The van der Waals surface area contributed by atoms with E-state index in [2.05, 4.69) is 24.1 Å². The van der Waals surface area contributed by atoms with Crippen molar-refractivity contribution in [3.8, 4) is 5.75 Å². The zero-order chi connectivity index (χ0) is 17.8. The molecular formula is C19H26N4O2.